The molecule has 178 valence electrons. The van der Waals surface area contributed by atoms with Crippen LogP contribution in [0.4, 0.5) is 0 Å². The van der Waals surface area contributed by atoms with E-state index in [2.05, 4.69) is 4.98 Å². The molecule has 9 heteroatoms. The summed E-state index contributed by atoms with van der Waals surface area (Å²) in [6.45, 7) is -0.358. The Bertz CT molecular complexity index is 1380. The first-order valence-corrected chi connectivity index (χ1v) is 12.3. The van der Waals surface area contributed by atoms with Gasteiger partial charge < -0.3 is 14.6 Å². The van der Waals surface area contributed by atoms with Gasteiger partial charge in [0.1, 0.15) is 12.4 Å². The summed E-state index contributed by atoms with van der Waals surface area (Å²) < 4.78 is 33.7. The number of carboxylic acids is 1. The first-order valence-electron chi connectivity index (χ1n) is 10.9. The summed E-state index contributed by atoms with van der Waals surface area (Å²) in [4.78, 5) is 14.9. The molecule has 0 aliphatic carbocycles. The molecule has 0 bridgehead atoms. The first-order chi connectivity index (χ1) is 16.9. The van der Waals surface area contributed by atoms with Crippen LogP contribution in [-0.2, 0) is 27.9 Å². The summed E-state index contributed by atoms with van der Waals surface area (Å²) in [7, 11) is -3.82. The van der Waals surface area contributed by atoms with E-state index in [1.165, 1.54) is 4.31 Å². The largest absolute Gasteiger partial charge is 1.00 e. The third kappa shape index (κ3) is 7.25. The summed E-state index contributed by atoms with van der Waals surface area (Å²) in [6.07, 6.45) is 3.45. The number of ether oxygens (including phenoxy) is 1. The molecule has 36 heavy (non-hydrogen) atoms. The van der Waals surface area contributed by atoms with Gasteiger partial charge in [0.15, 0.2) is 0 Å². The van der Waals surface area contributed by atoms with E-state index in [4.69, 9.17) is 4.74 Å². The molecule has 4 rings (SSSR count). The maximum Gasteiger partial charge on any atom is 1.00 e. The van der Waals surface area contributed by atoms with Crippen LogP contribution >= 0.6 is 0 Å². The maximum atomic E-state index is 13.5. The molecule has 0 fully saturated rings. The molecule has 0 aliphatic rings. The van der Waals surface area contributed by atoms with E-state index in [-0.39, 0.29) is 47.5 Å². The first kappa shape index (κ1) is 27.6. The zero-order valence-electron chi connectivity index (χ0n) is 19.8. The molecular formula is C27H23N2NaO5S. The van der Waals surface area contributed by atoms with Crippen LogP contribution in [0.3, 0.4) is 0 Å². The Labute approximate surface area is 232 Å². The van der Waals surface area contributed by atoms with Crippen molar-refractivity contribution in [2.24, 2.45) is 0 Å². The molecule has 1 aromatic heterocycles. The number of benzene rings is 3. The van der Waals surface area contributed by atoms with Crippen molar-refractivity contribution in [2.75, 3.05) is 6.61 Å². The summed E-state index contributed by atoms with van der Waals surface area (Å²) in [5.41, 5.74) is 3.51. The molecule has 0 N–H and O–H groups in total. The zero-order valence-corrected chi connectivity index (χ0v) is 22.6. The Morgan fingerprint density at radius 2 is 1.44 bits per heavy atom. The van der Waals surface area contributed by atoms with Crippen molar-refractivity contribution in [3.05, 3.63) is 115 Å². The number of aromatic nitrogens is 1. The summed E-state index contributed by atoms with van der Waals surface area (Å²) in [5, 5.41) is 10.7. The number of carboxylic acid groups (broad SMARTS) is 1. The third-order valence-electron chi connectivity index (χ3n) is 5.32. The molecule has 0 radical (unpaired) electrons. The van der Waals surface area contributed by atoms with Crippen molar-refractivity contribution >= 4 is 16.0 Å². The minimum Gasteiger partial charge on any atom is -0.546 e. The van der Waals surface area contributed by atoms with Gasteiger partial charge in [-0.05, 0) is 58.7 Å². The fourth-order valence-electron chi connectivity index (χ4n) is 3.60. The van der Waals surface area contributed by atoms with Crippen molar-refractivity contribution in [1.82, 2.24) is 9.29 Å². The maximum absolute atomic E-state index is 13.5. The smallest absolute Gasteiger partial charge is 0.546 e. The van der Waals surface area contributed by atoms with E-state index in [1.54, 1.807) is 67.0 Å². The molecule has 0 amide bonds. The fourth-order valence-corrected chi connectivity index (χ4v) is 5.03. The molecule has 7 nitrogen and oxygen atoms in total. The Kier molecular flexibility index (Phi) is 9.81. The van der Waals surface area contributed by atoms with Gasteiger partial charge in [-0.15, -0.1) is 0 Å². The van der Waals surface area contributed by atoms with E-state index in [0.29, 0.717) is 11.3 Å². The van der Waals surface area contributed by atoms with Gasteiger partial charge in [-0.25, -0.2) is 8.42 Å². The molecule has 0 saturated heterocycles. The van der Waals surface area contributed by atoms with E-state index < -0.39 is 22.6 Å². The van der Waals surface area contributed by atoms with Crippen LogP contribution in [0.5, 0.6) is 5.75 Å². The normalized spacial score (nSPS) is 11.0. The van der Waals surface area contributed by atoms with E-state index in [0.717, 1.165) is 16.7 Å². The van der Waals surface area contributed by atoms with Gasteiger partial charge in [-0.1, -0.05) is 54.6 Å². The molecule has 3 aromatic carbocycles. The predicted octanol–water partition coefficient (Wildman–Crippen LogP) is 0.272. The second kappa shape index (κ2) is 12.8. The number of pyridine rings is 1. The van der Waals surface area contributed by atoms with Gasteiger partial charge in [0.25, 0.3) is 0 Å². The zero-order chi connectivity index (χ0) is 24.7. The number of carbonyl (C=O) groups excluding carboxylic acids is 1. The number of hydrogen-bond acceptors (Lipinski definition) is 6. The second-order valence-electron chi connectivity index (χ2n) is 7.83. The van der Waals surface area contributed by atoms with E-state index in [1.807, 2.05) is 36.4 Å². The van der Waals surface area contributed by atoms with E-state index in [9.17, 15) is 18.3 Å². The third-order valence-corrected chi connectivity index (χ3v) is 7.13. The summed E-state index contributed by atoms with van der Waals surface area (Å²) >= 11 is 0. The van der Waals surface area contributed by atoms with Gasteiger partial charge >= 0.3 is 29.6 Å². The Morgan fingerprint density at radius 3 is 2.11 bits per heavy atom. The minimum absolute atomic E-state index is 0. The quantitative estimate of drug-likeness (QED) is 0.284. The Balaban J connectivity index is 0.00000361. The average molecular weight is 511 g/mol. The predicted molar refractivity (Wildman–Crippen MR) is 129 cm³/mol. The minimum atomic E-state index is -3.82. The number of sulfonamides is 1. The summed E-state index contributed by atoms with van der Waals surface area (Å²) in [5.74, 6) is -1.01. The number of hydrogen-bond donors (Lipinski definition) is 0. The van der Waals surface area contributed by atoms with Crippen LogP contribution < -0.4 is 39.4 Å². The van der Waals surface area contributed by atoms with Crippen molar-refractivity contribution in [2.45, 2.75) is 18.0 Å². The van der Waals surface area contributed by atoms with Crippen LogP contribution in [0, 0.1) is 0 Å². The summed E-state index contributed by atoms with van der Waals surface area (Å²) in [6, 6.07) is 26.5. The Morgan fingerprint density at radius 1 is 0.806 bits per heavy atom. The van der Waals surface area contributed by atoms with Crippen molar-refractivity contribution in [3.8, 4) is 16.9 Å². The topological polar surface area (TPSA) is 99.6 Å². The molecular weight excluding hydrogens is 487 g/mol. The number of aliphatic carboxylic acids is 1. The van der Waals surface area contributed by atoms with E-state index >= 15 is 0 Å². The molecule has 4 aromatic rings. The van der Waals surface area contributed by atoms with Gasteiger partial charge in [0, 0.05) is 25.5 Å². The number of rotatable bonds is 10. The number of nitrogens with zero attached hydrogens (tertiary/aromatic N) is 2. The molecule has 0 unspecified atom stereocenters. The van der Waals surface area contributed by atoms with Crippen LogP contribution in [0.1, 0.15) is 11.1 Å². The number of carbonyl (C=O) groups is 1. The van der Waals surface area contributed by atoms with Gasteiger partial charge in [0.2, 0.25) is 10.0 Å². The van der Waals surface area contributed by atoms with Crippen LogP contribution in [-0.4, -0.2) is 30.3 Å². The van der Waals surface area contributed by atoms with Crippen molar-refractivity contribution in [3.63, 3.8) is 0 Å². The SMILES string of the molecule is O=C([O-])COc1cccc(CN(Cc2ccc(-c3ccncc3)cc2)S(=O)(=O)c2ccccc2)c1.[Na+]. The molecule has 0 aliphatic heterocycles. The molecule has 0 spiro atoms. The van der Waals surface area contributed by atoms with Crippen molar-refractivity contribution in [1.29, 1.82) is 0 Å². The molecule has 0 saturated carbocycles. The molecule has 0 atom stereocenters. The monoisotopic (exact) mass is 510 g/mol. The van der Waals surface area contributed by atoms with Crippen LogP contribution in [0.15, 0.2) is 108 Å². The van der Waals surface area contributed by atoms with Crippen molar-refractivity contribution < 1.29 is 52.6 Å². The average Bonchev–Trinajstić information content (AvgIpc) is 2.89. The van der Waals surface area contributed by atoms with Gasteiger partial charge in [0.05, 0.1) is 10.9 Å². The standard InChI is InChI=1S/C27H24N2O5S.Na/c30-27(31)20-34-25-6-4-5-22(17-25)19-29(35(32,33)26-7-2-1-3-8-26)18-21-9-11-23(12-10-21)24-13-15-28-16-14-24;/h1-17H,18-20H2,(H,30,31);/q;+1/p-1. The molecule has 1 heterocycles. The van der Waals surface area contributed by atoms with Gasteiger partial charge in [-0.2, -0.15) is 4.31 Å². The second-order valence-corrected chi connectivity index (χ2v) is 9.76. The van der Waals surface area contributed by atoms with Gasteiger partial charge in [-0.3, -0.25) is 4.98 Å². The van der Waals surface area contributed by atoms with Crippen LogP contribution in [0.2, 0.25) is 0 Å². The fraction of sp³-hybridized carbons (Fsp3) is 0.111. The Hall–Kier alpha value is -3.01. The van der Waals surface area contributed by atoms with Crippen LogP contribution in [0.25, 0.3) is 11.1 Å².